The van der Waals surface area contributed by atoms with E-state index in [9.17, 15) is 0 Å². The first-order chi connectivity index (χ1) is 9.36. The van der Waals surface area contributed by atoms with Crippen molar-refractivity contribution >= 4 is 11.3 Å². The fourth-order valence-corrected chi connectivity index (χ4v) is 3.02. The van der Waals surface area contributed by atoms with Crippen molar-refractivity contribution in [1.29, 1.82) is 0 Å². The topological polar surface area (TPSA) is 34.0 Å². The largest absolute Gasteiger partial charge is 0.334 e. The standard InChI is InChI=1S/C14H20N4S/c1-2-7-17-8-5-15-13(17)10-18(12-3-4-12)11-14-16-6-9-19-14/h5-6,8-9,12H,2-4,7,10-11H2,1H3. The second-order valence-corrected chi connectivity index (χ2v) is 6.08. The Bertz CT molecular complexity index is 501. The molecule has 0 N–H and O–H groups in total. The lowest BCUT2D eigenvalue weighted by molar-refractivity contribution is 0.235. The van der Waals surface area contributed by atoms with Crippen molar-refractivity contribution in [2.24, 2.45) is 0 Å². The molecule has 0 aromatic carbocycles. The molecule has 0 amide bonds. The maximum atomic E-state index is 4.52. The molecule has 2 aromatic rings. The summed E-state index contributed by atoms with van der Waals surface area (Å²) in [6, 6.07) is 0.732. The van der Waals surface area contributed by atoms with Gasteiger partial charge >= 0.3 is 0 Å². The van der Waals surface area contributed by atoms with Crippen LogP contribution in [0.3, 0.4) is 0 Å². The molecular formula is C14H20N4S. The van der Waals surface area contributed by atoms with Crippen LogP contribution in [0.4, 0.5) is 0 Å². The number of hydrogen-bond donors (Lipinski definition) is 0. The number of imidazole rings is 1. The Morgan fingerprint density at radius 2 is 2.21 bits per heavy atom. The van der Waals surface area contributed by atoms with Crippen molar-refractivity contribution in [2.45, 2.75) is 51.9 Å². The zero-order chi connectivity index (χ0) is 13.1. The highest BCUT2D eigenvalue weighted by Crippen LogP contribution is 2.29. The summed E-state index contributed by atoms with van der Waals surface area (Å²) in [7, 11) is 0. The minimum absolute atomic E-state index is 0.732. The Morgan fingerprint density at radius 3 is 2.89 bits per heavy atom. The molecule has 0 saturated heterocycles. The first-order valence-electron chi connectivity index (χ1n) is 6.99. The number of aryl methyl sites for hydroxylation is 1. The summed E-state index contributed by atoms with van der Waals surface area (Å²) in [6.45, 7) is 5.17. The Hall–Kier alpha value is -1.20. The SMILES string of the molecule is CCCn1ccnc1CN(Cc1nccs1)C1CC1. The lowest BCUT2D eigenvalue weighted by Gasteiger charge is -2.20. The lowest BCUT2D eigenvalue weighted by Crippen LogP contribution is -2.26. The van der Waals surface area contributed by atoms with Crippen molar-refractivity contribution in [3.05, 3.63) is 34.8 Å². The Morgan fingerprint density at radius 1 is 1.32 bits per heavy atom. The molecule has 1 aliphatic carbocycles. The van der Waals surface area contributed by atoms with Gasteiger partial charge in [0.2, 0.25) is 0 Å². The molecule has 0 atom stereocenters. The zero-order valence-electron chi connectivity index (χ0n) is 11.3. The second kappa shape index (κ2) is 5.84. The van der Waals surface area contributed by atoms with Crippen LogP contribution in [0.1, 0.15) is 37.0 Å². The summed E-state index contributed by atoms with van der Waals surface area (Å²) in [4.78, 5) is 11.4. The molecule has 0 radical (unpaired) electrons. The van der Waals surface area contributed by atoms with Gasteiger partial charge in [-0.05, 0) is 19.3 Å². The molecule has 1 aliphatic rings. The summed E-state index contributed by atoms with van der Waals surface area (Å²) < 4.78 is 2.28. The smallest absolute Gasteiger partial charge is 0.122 e. The summed E-state index contributed by atoms with van der Waals surface area (Å²) >= 11 is 1.74. The Kier molecular flexibility index (Phi) is 3.94. The predicted octanol–water partition coefficient (Wildman–Crippen LogP) is 2.91. The van der Waals surface area contributed by atoms with E-state index in [2.05, 4.69) is 37.9 Å². The molecule has 0 bridgehead atoms. The number of thiazole rings is 1. The van der Waals surface area contributed by atoms with E-state index in [1.54, 1.807) is 11.3 Å². The van der Waals surface area contributed by atoms with Crippen molar-refractivity contribution < 1.29 is 0 Å². The zero-order valence-corrected chi connectivity index (χ0v) is 12.1. The fourth-order valence-electron chi connectivity index (χ4n) is 2.38. The molecule has 0 aliphatic heterocycles. The van der Waals surface area contributed by atoms with E-state index >= 15 is 0 Å². The van der Waals surface area contributed by atoms with Gasteiger partial charge in [0, 0.05) is 36.6 Å². The van der Waals surface area contributed by atoms with Crippen LogP contribution in [0, 0.1) is 0 Å². The van der Waals surface area contributed by atoms with Crippen LogP contribution in [0.15, 0.2) is 24.0 Å². The van der Waals surface area contributed by atoms with E-state index in [1.165, 1.54) is 23.7 Å². The van der Waals surface area contributed by atoms with Crippen LogP contribution in [0.5, 0.6) is 0 Å². The van der Waals surface area contributed by atoms with Gasteiger partial charge in [-0.1, -0.05) is 6.92 Å². The summed E-state index contributed by atoms with van der Waals surface area (Å²) in [5.74, 6) is 1.19. The normalized spacial score (nSPS) is 15.3. The fraction of sp³-hybridized carbons (Fsp3) is 0.571. The first-order valence-corrected chi connectivity index (χ1v) is 7.87. The Labute approximate surface area is 118 Å². The molecule has 0 unspecified atom stereocenters. The van der Waals surface area contributed by atoms with Crippen LogP contribution < -0.4 is 0 Å². The van der Waals surface area contributed by atoms with Crippen LogP contribution in [-0.4, -0.2) is 25.5 Å². The van der Waals surface area contributed by atoms with Gasteiger partial charge in [0.25, 0.3) is 0 Å². The number of hydrogen-bond acceptors (Lipinski definition) is 4. The molecule has 1 saturated carbocycles. The molecule has 2 heterocycles. The Balaban J connectivity index is 1.69. The molecule has 19 heavy (non-hydrogen) atoms. The van der Waals surface area contributed by atoms with Gasteiger partial charge in [0.15, 0.2) is 0 Å². The highest BCUT2D eigenvalue weighted by Gasteiger charge is 2.30. The maximum absolute atomic E-state index is 4.52. The lowest BCUT2D eigenvalue weighted by atomic mass is 10.4. The highest BCUT2D eigenvalue weighted by molar-refractivity contribution is 7.09. The third-order valence-electron chi connectivity index (χ3n) is 3.50. The van der Waals surface area contributed by atoms with Crippen LogP contribution in [0.2, 0.25) is 0 Å². The van der Waals surface area contributed by atoms with Gasteiger partial charge in [0.05, 0.1) is 13.1 Å². The maximum Gasteiger partial charge on any atom is 0.122 e. The molecule has 4 nitrogen and oxygen atoms in total. The van der Waals surface area contributed by atoms with Crippen LogP contribution in [0.25, 0.3) is 0 Å². The molecule has 3 rings (SSSR count). The first kappa shape index (κ1) is 12.8. The van der Waals surface area contributed by atoms with E-state index in [0.717, 1.165) is 32.1 Å². The second-order valence-electron chi connectivity index (χ2n) is 5.10. The van der Waals surface area contributed by atoms with E-state index in [1.807, 2.05) is 12.4 Å². The van der Waals surface area contributed by atoms with E-state index in [4.69, 9.17) is 0 Å². The van der Waals surface area contributed by atoms with E-state index in [0.29, 0.717) is 0 Å². The minimum atomic E-state index is 0.732. The van der Waals surface area contributed by atoms with Gasteiger partial charge in [-0.15, -0.1) is 11.3 Å². The highest BCUT2D eigenvalue weighted by atomic mass is 32.1. The molecule has 0 spiro atoms. The average Bonchev–Trinajstić information content (AvgIpc) is 2.96. The van der Waals surface area contributed by atoms with Gasteiger partial charge in [-0.2, -0.15) is 0 Å². The summed E-state index contributed by atoms with van der Waals surface area (Å²) in [5, 5.41) is 3.26. The molecular weight excluding hydrogens is 256 g/mol. The van der Waals surface area contributed by atoms with E-state index in [-0.39, 0.29) is 0 Å². The van der Waals surface area contributed by atoms with E-state index < -0.39 is 0 Å². The van der Waals surface area contributed by atoms with Crippen LogP contribution in [-0.2, 0) is 19.6 Å². The minimum Gasteiger partial charge on any atom is -0.334 e. The molecule has 102 valence electrons. The predicted molar refractivity (Wildman–Crippen MR) is 76.9 cm³/mol. The molecule has 1 fully saturated rings. The molecule has 2 aromatic heterocycles. The van der Waals surface area contributed by atoms with Gasteiger partial charge < -0.3 is 4.57 Å². The van der Waals surface area contributed by atoms with Gasteiger partial charge in [-0.25, -0.2) is 9.97 Å². The van der Waals surface area contributed by atoms with Crippen molar-refractivity contribution in [3.8, 4) is 0 Å². The van der Waals surface area contributed by atoms with Gasteiger partial charge in [-0.3, -0.25) is 4.90 Å². The third kappa shape index (κ3) is 3.22. The van der Waals surface area contributed by atoms with Crippen LogP contribution >= 0.6 is 11.3 Å². The number of nitrogens with zero attached hydrogens (tertiary/aromatic N) is 4. The number of rotatable bonds is 7. The molecule has 5 heteroatoms. The average molecular weight is 276 g/mol. The van der Waals surface area contributed by atoms with Crippen molar-refractivity contribution in [2.75, 3.05) is 0 Å². The third-order valence-corrected chi connectivity index (χ3v) is 4.26. The monoisotopic (exact) mass is 276 g/mol. The summed E-state index contributed by atoms with van der Waals surface area (Å²) in [6.07, 6.45) is 9.69. The summed E-state index contributed by atoms with van der Waals surface area (Å²) in [5.41, 5.74) is 0. The van der Waals surface area contributed by atoms with Crippen molar-refractivity contribution in [3.63, 3.8) is 0 Å². The quantitative estimate of drug-likeness (QED) is 0.779. The number of aromatic nitrogens is 3. The van der Waals surface area contributed by atoms with Gasteiger partial charge in [0.1, 0.15) is 10.8 Å². The van der Waals surface area contributed by atoms with Crippen molar-refractivity contribution in [1.82, 2.24) is 19.4 Å².